The highest BCUT2D eigenvalue weighted by molar-refractivity contribution is 5.44. The average molecular weight is 355 g/mol. The van der Waals surface area contributed by atoms with E-state index in [1.807, 2.05) is 12.1 Å². The first-order valence-electron chi connectivity index (χ1n) is 9.86. The minimum atomic E-state index is 0.213. The molecule has 2 aromatic rings. The lowest BCUT2D eigenvalue weighted by molar-refractivity contribution is -0.949. The Balaban J connectivity index is 2.43. The predicted octanol–water partition coefficient (Wildman–Crippen LogP) is 5.79. The van der Waals surface area contributed by atoms with Crippen LogP contribution in [-0.2, 0) is 0 Å². The molecule has 0 unspecified atom stereocenters. The van der Waals surface area contributed by atoms with E-state index in [1.54, 1.807) is 0 Å². The molecular formula is C24H36NO+. The van der Waals surface area contributed by atoms with E-state index >= 15 is 0 Å². The van der Waals surface area contributed by atoms with Crippen LogP contribution in [0, 0.1) is 13.8 Å². The van der Waals surface area contributed by atoms with Gasteiger partial charge < -0.3 is 9.59 Å². The Morgan fingerprint density at radius 2 is 1.50 bits per heavy atom. The second kappa shape index (κ2) is 8.26. The largest absolute Gasteiger partial charge is 0.508 e. The molecule has 26 heavy (non-hydrogen) atoms. The van der Waals surface area contributed by atoms with Gasteiger partial charge in [0.25, 0.3) is 0 Å². The van der Waals surface area contributed by atoms with Gasteiger partial charge in [0.2, 0.25) is 0 Å². The predicted molar refractivity (Wildman–Crippen MR) is 112 cm³/mol. The van der Waals surface area contributed by atoms with Crippen LogP contribution in [-0.4, -0.2) is 35.3 Å². The number of phenols is 1. The van der Waals surface area contributed by atoms with Crippen molar-refractivity contribution < 1.29 is 9.59 Å². The molecule has 0 amide bonds. The van der Waals surface area contributed by atoms with Crippen LogP contribution in [0.4, 0.5) is 0 Å². The van der Waals surface area contributed by atoms with Crippen molar-refractivity contribution >= 4 is 0 Å². The summed E-state index contributed by atoms with van der Waals surface area (Å²) in [6.07, 6.45) is 1.02. The van der Waals surface area contributed by atoms with Crippen molar-refractivity contribution in [2.24, 2.45) is 0 Å². The Bertz CT molecular complexity index is 725. The second-order valence-electron chi connectivity index (χ2n) is 8.58. The van der Waals surface area contributed by atoms with Crippen molar-refractivity contribution in [3.63, 3.8) is 0 Å². The normalized spacial score (nSPS) is 13.4. The van der Waals surface area contributed by atoms with E-state index in [0.717, 1.165) is 23.0 Å². The maximum Gasteiger partial charge on any atom is 0.119 e. The highest BCUT2D eigenvalue weighted by Gasteiger charge is 2.31. The summed E-state index contributed by atoms with van der Waals surface area (Å²) in [6.45, 7) is 14.6. The fourth-order valence-electron chi connectivity index (χ4n) is 3.86. The molecule has 1 atom stereocenters. The molecule has 2 rings (SSSR count). The van der Waals surface area contributed by atoms with Gasteiger partial charge in [-0.3, -0.25) is 0 Å². The molecule has 2 aromatic carbocycles. The van der Waals surface area contributed by atoms with Crippen LogP contribution in [0.5, 0.6) is 5.75 Å². The molecule has 2 nitrogen and oxygen atoms in total. The van der Waals surface area contributed by atoms with Gasteiger partial charge >= 0.3 is 0 Å². The zero-order valence-corrected chi connectivity index (χ0v) is 17.6. The molecule has 0 aliphatic rings. The lowest BCUT2D eigenvalue weighted by Gasteiger charge is -2.43. The third-order valence-electron chi connectivity index (χ3n) is 6.26. The Labute approximate surface area is 160 Å². The van der Waals surface area contributed by atoms with Crippen LogP contribution in [0.1, 0.15) is 62.3 Å². The summed E-state index contributed by atoms with van der Waals surface area (Å²) in [5, 5.41) is 10.6. The van der Waals surface area contributed by atoms with Gasteiger partial charge in [-0.2, -0.15) is 0 Å². The molecule has 0 aliphatic heterocycles. The van der Waals surface area contributed by atoms with Crippen LogP contribution >= 0.6 is 0 Å². The first kappa shape index (κ1) is 20.5. The number of hydrogen-bond donors (Lipinski definition) is 1. The van der Waals surface area contributed by atoms with Gasteiger partial charge in [0, 0.05) is 17.9 Å². The molecule has 0 heterocycles. The summed E-state index contributed by atoms with van der Waals surface area (Å²) in [5.74, 6) is 0.621. The highest BCUT2D eigenvalue weighted by Crippen LogP contribution is 2.36. The standard InChI is InChI=1S/C24H35NO/c1-17(2)25(7,18(3)4)14-13-22(21-10-8-9-19(5)15-21)23-16-20(6)11-12-24(23)26/h8-12,15-18,22H,13-14H2,1-7H3/p+1/t22-/m1/s1. The molecule has 0 saturated heterocycles. The van der Waals surface area contributed by atoms with Crippen molar-refractivity contribution in [1.29, 1.82) is 0 Å². The van der Waals surface area contributed by atoms with E-state index in [4.69, 9.17) is 0 Å². The Kier molecular flexibility index (Phi) is 6.52. The number of aryl methyl sites for hydroxylation is 2. The van der Waals surface area contributed by atoms with Gasteiger partial charge in [0.15, 0.2) is 0 Å². The first-order chi connectivity index (χ1) is 12.1. The summed E-state index contributed by atoms with van der Waals surface area (Å²) in [4.78, 5) is 0. The number of nitrogens with zero attached hydrogens (tertiary/aromatic N) is 1. The Morgan fingerprint density at radius 3 is 2.08 bits per heavy atom. The third-order valence-corrected chi connectivity index (χ3v) is 6.26. The fourth-order valence-corrected chi connectivity index (χ4v) is 3.86. The monoisotopic (exact) mass is 354 g/mol. The van der Waals surface area contributed by atoms with E-state index in [1.165, 1.54) is 16.7 Å². The third kappa shape index (κ3) is 4.48. The van der Waals surface area contributed by atoms with E-state index in [-0.39, 0.29) is 5.92 Å². The van der Waals surface area contributed by atoms with E-state index in [2.05, 4.69) is 78.9 Å². The van der Waals surface area contributed by atoms with Gasteiger partial charge in [-0.25, -0.2) is 0 Å². The van der Waals surface area contributed by atoms with Crippen molar-refractivity contribution in [3.05, 3.63) is 64.7 Å². The average Bonchev–Trinajstić information content (AvgIpc) is 2.57. The van der Waals surface area contributed by atoms with E-state index < -0.39 is 0 Å². The first-order valence-corrected chi connectivity index (χ1v) is 9.86. The minimum Gasteiger partial charge on any atom is -0.508 e. The van der Waals surface area contributed by atoms with Crippen LogP contribution in [0.25, 0.3) is 0 Å². The molecule has 1 N–H and O–H groups in total. The molecule has 142 valence electrons. The summed E-state index contributed by atoms with van der Waals surface area (Å²) in [6, 6.07) is 15.8. The Morgan fingerprint density at radius 1 is 0.885 bits per heavy atom. The maximum absolute atomic E-state index is 10.6. The highest BCUT2D eigenvalue weighted by atomic mass is 16.3. The van der Waals surface area contributed by atoms with Gasteiger partial charge in [-0.05, 0) is 53.2 Å². The van der Waals surface area contributed by atoms with Crippen LogP contribution < -0.4 is 0 Å². The molecule has 0 radical (unpaired) electrons. The number of phenolic OH excluding ortho intramolecular Hbond substituents is 1. The van der Waals surface area contributed by atoms with Gasteiger partial charge in [-0.15, -0.1) is 0 Å². The zero-order valence-electron chi connectivity index (χ0n) is 17.6. The summed E-state index contributed by atoms with van der Waals surface area (Å²) in [7, 11) is 2.36. The van der Waals surface area contributed by atoms with Gasteiger partial charge in [0.05, 0.1) is 25.7 Å². The molecule has 0 spiro atoms. The fraction of sp³-hybridized carbons (Fsp3) is 0.500. The maximum atomic E-state index is 10.6. The molecule has 2 heteroatoms. The molecule has 0 saturated carbocycles. The smallest absolute Gasteiger partial charge is 0.119 e. The SMILES string of the molecule is Cc1cccc([C@@H](CC[N+](C)(C(C)C)C(C)C)c2cc(C)ccc2O)c1. The van der Waals surface area contributed by atoms with Crippen LogP contribution in [0.2, 0.25) is 0 Å². The van der Waals surface area contributed by atoms with Gasteiger partial charge in [0.1, 0.15) is 5.75 Å². The lowest BCUT2D eigenvalue weighted by atomic mass is 9.86. The molecule has 0 bridgehead atoms. The minimum absolute atomic E-state index is 0.213. The number of hydrogen-bond acceptors (Lipinski definition) is 1. The number of rotatable bonds is 7. The molecule has 0 aromatic heterocycles. The van der Waals surface area contributed by atoms with Crippen LogP contribution in [0.15, 0.2) is 42.5 Å². The second-order valence-corrected chi connectivity index (χ2v) is 8.58. The molecular weight excluding hydrogens is 318 g/mol. The lowest BCUT2D eigenvalue weighted by Crippen LogP contribution is -2.55. The van der Waals surface area contributed by atoms with Crippen LogP contribution in [0.3, 0.4) is 0 Å². The molecule has 0 fully saturated rings. The van der Waals surface area contributed by atoms with E-state index in [9.17, 15) is 5.11 Å². The Hall–Kier alpha value is -1.80. The molecule has 0 aliphatic carbocycles. The van der Waals surface area contributed by atoms with Crippen molar-refractivity contribution in [1.82, 2.24) is 0 Å². The number of aromatic hydroxyl groups is 1. The number of quaternary nitrogens is 1. The van der Waals surface area contributed by atoms with Crippen molar-refractivity contribution in [2.75, 3.05) is 13.6 Å². The van der Waals surface area contributed by atoms with Crippen molar-refractivity contribution in [2.45, 2.75) is 66.0 Å². The van der Waals surface area contributed by atoms with Gasteiger partial charge in [-0.1, -0.05) is 47.5 Å². The summed E-state index contributed by atoms with van der Waals surface area (Å²) >= 11 is 0. The summed E-state index contributed by atoms with van der Waals surface area (Å²) in [5.41, 5.74) is 4.81. The number of benzene rings is 2. The van der Waals surface area contributed by atoms with E-state index in [0.29, 0.717) is 17.8 Å². The quantitative estimate of drug-likeness (QED) is 0.624. The summed E-state index contributed by atoms with van der Waals surface area (Å²) < 4.78 is 1.04. The topological polar surface area (TPSA) is 20.2 Å². The van der Waals surface area contributed by atoms with Crippen molar-refractivity contribution in [3.8, 4) is 5.75 Å². The zero-order chi connectivity index (χ0) is 19.5.